The molecule has 0 bridgehead atoms. The minimum Gasteiger partial charge on any atom is -0.358 e. The van der Waals surface area contributed by atoms with Gasteiger partial charge in [0.25, 0.3) is 0 Å². The van der Waals surface area contributed by atoms with Crippen LogP contribution in [-0.4, -0.2) is 26.4 Å². The summed E-state index contributed by atoms with van der Waals surface area (Å²) in [5.41, 5.74) is 6.40. The predicted molar refractivity (Wildman–Crippen MR) is 102 cm³/mol. The molecule has 3 heterocycles. The van der Waals surface area contributed by atoms with Gasteiger partial charge in [-0.05, 0) is 30.5 Å². The number of aromatic nitrogens is 3. The lowest BCUT2D eigenvalue weighted by molar-refractivity contribution is 0.240. The SMILES string of the molecule is Cc1[nH]c2ccccc2c1CN1CCc2cnc(C(C)(C)C)nc2C1. The lowest BCUT2D eigenvalue weighted by Crippen LogP contribution is -2.32. The van der Waals surface area contributed by atoms with Crippen LogP contribution in [0.5, 0.6) is 0 Å². The van der Waals surface area contributed by atoms with Crippen LogP contribution in [0.4, 0.5) is 0 Å². The first-order chi connectivity index (χ1) is 11.9. The molecule has 3 aromatic rings. The molecule has 0 saturated carbocycles. The molecule has 130 valence electrons. The number of aromatic amines is 1. The van der Waals surface area contributed by atoms with E-state index in [2.05, 4.69) is 66.8 Å². The van der Waals surface area contributed by atoms with Gasteiger partial charge in [0.1, 0.15) is 5.82 Å². The monoisotopic (exact) mass is 334 g/mol. The van der Waals surface area contributed by atoms with Crippen molar-refractivity contribution in [2.45, 2.75) is 52.6 Å². The van der Waals surface area contributed by atoms with Crippen LogP contribution in [-0.2, 0) is 24.9 Å². The second kappa shape index (κ2) is 5.95. The Morgan fingerprint density at radius 2 is 2.00 bits per heavy atom. The van der Waals surface area contributed by atoms with E-state index in [4.69, 9.17) is 4.98 Å². The van der Waals surface area contributed by atoms with Gasteiger partial charge in [0.15, 0.2) is 0 Å². The normalized spacial score (nSPS) is 15.5. The smallest absolute Gasteiger partial charge is 0.133 e. The summed E-state index contributed by atoms with van der Waals surface area (Å²) in [6.45, 7) is 11.6. The van der Waals surface area contributed by atoms with Crippen LogP contribution in [0.2, 0.25) is 0 Å². The molecule has 0 amide bonds. The van der Waals surface area contributed by atoms with E-state index >= 15 is 0 Å². The van der Waals surface area contributed by atoms with Gasteiger partial charge in [-0.1, -0.05) is 39.0 Å². The number of hydrogen-bond donors (Lipinski definition) is 1. The van der Waals surface area contributed by atoms with Crippen molar-refractivity contribution < 1.29 is 0 Å². The Hall–Kier alpha value is -2.20. The molecule has 25 heavy (non-hydrogen) atoms. The summed E-state index contributed by atoms with van der Waals surface area (Å²) in [5.74, 6) is 0.941. The maximum atomic E-state index is 4.89. The van der Waals surface area contributed by atoms with Crippen LogP contribution in [0.25, 0.3) is 10.9 Å². The zero-order valence-electron chi connectivity index (χ0n) is 15.6. The highest BCUT2D eigenvalue weighted by Gasteiger charge is 2.23. The Balaban J connectivity index is 1.61. The minimum absolute atomic E-state index is 0.00919. The summed E-state index contributed by atoms with van der Waals surface area (Å²) in [5, 5.41) is 1.34. The number of H-pyrrole nitrogens is 1. The van der Waals surface area contributed by atoms with Gasteiger partial charge in [-0.15, -0.1) is 0 Å². The fourth-order valence-corrected chi connectivity index (χ4v) is 3.62. The van der Waals surface area contributed by atoms with Gasteiger partial charge in [0, 0.05) is 47.8 Å². The first kappa shape index (κ1) is 16.3. The Morgan fingerprint density at radius 1 is 1.20 bits per heavy atom. The fraction of sp³-hybridized carbons (Fsp3) is 0.429. The number of rotatable bonds is 2. The summed E-state index contributed by atoms with van der Waals surface area (Å²) in [7, 11) is 0. The lowest BCUT2D eigenvalue weighted by Gasteiger charge is -2.29. The Morgan fingerprint density at radius 3 is 2.80 bits per heavy atom. The first-order valence-corrected chi connectivity index (χ1v) is 9.05. The quantitative estimate of drug-likeness (QED) is 0.766. The molecular formula is C21H26N4. The second-order valence-electron chi connectivity index (χ2n) is 8.15. The van der Waals surface area contributed by atoms with Crippen molar-refractivity contribution in [3.63, 3.8) is 0 Å². The van der Waals surface area contributed by atoms with Crippen molar-refractivity contribution >= 4 is 10.9 Å². The van der Waals surface area contributed by atoms with Crippen molar-refractivity contribution in [2.24, 2.45) is 0 Å². The first-order valence-electron chi connectivity index (χ1n) is 9.05. The summed E-state index contributed by atoms with van der Waals surface area (Å²) < 4.78 is 0. The Labute approximate surface area is 149 Å². The van der Waals surface area contributed by atoms with Crippen LogP contribution in [0.3, 0.4) is 0 Å². The van der Waals surface area contributed by atoms with Gasteiger partial charge in [-0.25, -0.2) is 9.97 Å². The van der Waals surface area contributed by atoms with E-state index in [1.165, 1.54) is 33.4 Å². The summed E-state index contributed by atoms with van der Waals surface area (Å²) in [6, 6.07) is 8.57. The van der Waals surface area contributed by atoms with E-state index in [9.17, 15) is 0 Å². The number of fused-ring (bicyclic) bond motifs is 2. The number of nitrogens with one attached hydrogen (secondary N) is 1. The highest BCUT2D eigenvalue weighted by Crippen LogP contribution is 2.27. The van der Waals surface area contributed by atoms with Gasteiger partial charge in [0.05, 0.1) is 5.69 Å². The largest absolute Gasteiger partial charge is 0.358 e. The molecule has 1 aliphatic rings. The van der Waals surface area contributed by atoms with Crippen molar-refractivity contribution in [1.82, 2.24) is 19.9 Å². The third-order valence-corrected chi connectivity index (χ3v) is 5.10. The van der Waals surface area contributed by atoms with Crippen LogP contribution >= 0.6 is 0 Å². The maximum Gasteiger partial charge on any atom is 0.133 e. The molecule has 1 N–H and O–H groups in total. The van der Waals surface area contributed by atoms with Crippen molar-refractivity contribution in [1.29, 1.82) is 0 Å². The maximum absolute atomic E-state index is 4.89. The van der Waals surface area contributed by atoms with Crippen molar-refractivity contribution in [2.75, 3.05) is 6.54 Å². The predicted octanol–water partition coefficient (Wildman–Crippen LogP) is 4.12. The number of para-hydroxylation sites is 1. The minimum atomic E-state index is -0.00919. The average molecular weight is 334 g/mol. The summed E-state index contributed by atoms with van der Waals surface area (Å²) in [4.78, 5) is 15.5. The molecule has 4 rings (SSSR count). The molecule has 1 aliphatic heterocycles. The molecule has 0 aliphatic carbocycles. The molecule has 4 nitrogen and oxygen atoms in total. The van der Waals surface area contributed by atoms with E-state index in [0.717, 1.165) is 31.9 Å². The molecule has 0 radical (unpaired) electrons. The highest BCUT2D eigenvalue weighted by molar-refractivity contribution is 5.84. The zero-order chi connectivity index (χ0) is 17.6. The van der Waals surface area contributed by atoms with E-state index in [0.29, 0.717) is 0 Å². The third kappa shape index (κ3) is 3.07. The molecule has 2 aromatic heterocycles. The van der Waals surface area contributed by atoms with Gasteiger partial charge in [-0.3, -0.25) is 4.90 Å². The summed E-state index contributed by atoms with van der Waals surface area (Å²) >= 11 is 0. The van der Waals surface area contributed by atoms with E-state index in [1.54, 1.807) is 0 Å². The Bertz CT molecular complexity index is 917. The molecule has 0 saturated heterocycles. The van der Waals surface area contributed by atoms with Gasteiger partial charge >= 0.3 is 0 Å². The molecule has 1 aromatic carbocycles. The molecule has 0 atom stereocenters. The van der Waals surface area contributed by atoms with Crippen LogP contribution in [0, 0.1) is 6.92 Å². The van der Waals surface area contributed by atoms with E-state index in [1.807, 2.05) is 6.20 Å². The van der Waals surface area contributed by atoms with E-state index in [-0.39, 0.29) is 5.41 Å². The fourth-order valence-electron chi connectivity index (χ4n) is 3.62. The lowest BCUT2D eigenvalue weighted by atomic mass is 9.95. The van der Waals surface area contributed by atoms with Crippen LogP contribution < -0.4 is 0 Å². The average Bonchev–Trinajstić information content (AvgIpc) is 2.89. The van der Waals surface area contributed by atoms with Crippen molar-refractivity contribution in [3.8, 4) is 0 Å². The third-order valence-electron chi connectivity index (χ3n) is 5.10. The molecular weight excluding hydrogens is 308 g/mol. The number of nitrogens with zero attached hydrogens (tertiary/aromatic N) is 3. The molecule has 4 heteroatoms. The van der Waals surface area contributed by atoms with Crippen LogP contribution in [0.1, 0.15) is 49.1 Å². The standard InChI is InChI=1S/C21H26N4/c1-14-17(16-7-5-6-8-18(16)23-14)12-25-10-9-15-11-22-20(21(2,3)4)24-19(15)13-25/h5-8,11,23H,9-10,12-13H2,1-4H3. The number of hydrogen-bond acceptors (Lipinski definition) is 3. The molecule has 0 unspecified atom stereocenters. The number of benzene rings is 1. The number of aryl methyl sites for hydroxylation is 1. The van der Waals surface area contributed by atoms with Gasteiger partial charge in [0.2, 0.25) is 0 Å². The second-order valence-corrected chi connectivity index (χ2v) is 8.15. The molecule has 0 spiro atoms. The van der Waals surface area contributed by atoms with E-state index < -0.39 is 0 Å². The van der Waals surface area contributed by atoms with Gasteiger partial charge in [-0.2, -0.15) is 0 Å². The Kier molecular flexibility index (Phi) is 3.88. The topological polar surface area (TPSA) is 44.8 Å². The van der Waals surface area contributed by atoms with Crippen molar-refractivity contribution in [3.05, 3.63) is 58.8 Å². The zero-order valence-corrected chi connectivity index (χ0v) is 15.6. The highest BCUT2D eigenvalue weighted by atomic mass is 15.1. The van der Waals surface area contributed by atoms with Crippen LogP contribution in [0.15, 0.2) is 30.5 Å². The van der Waals surface area contributed by atoms with Gasteiger partial charge < -0.3 is 4.98 Å². The molecule has 0 fully saturated rings. The summed E-state index contributed by atoms with van der Waals surface area (Å²) in [6.07, 6.45) is 3.07.